The third kappa shape index (κ3) is 4.75. The van der Waals surface area contributed by atoms with Crippen molar-refractivity contribution in [2.75, 3.05) is 17.7 Å². The summed E-state index contributed by atoms with van der Waals surface area (Å²) in [4.78, 5) is 35.2. The fraction of sp³-hybridized carbons (Fsp3) is 0.0476. The zero-order chi connectivity index (χ0) is 20.8. The van der Waals surface area contributed by atoms with E-state index in [4.69, 9.17) is 4.74 Å². The fourth-order valence-corrected chi connectivity index (χ4v) is 2.62. The number of methoxy groups -OCH3 is 1. The average Bonchev–Trinajstić information content (AvgIpc) is 2.74. The van der Waals surface area contributed by atoms with Gasteiger partial charge in [-0.15, -0.1) is 0 Å². The van der Waals surface area contributed by atoms with Crippen LogP contribution in [-0.4, -0.2) is 23.8 Å². The van der Waals surface area contributed by atoms with Gasteiger partial charge in [-0.25, -0.2) is 0 Å². The van der Waals surface area contributed by atoms with Gasteiger partial charge in [0.2, 0.25) is 0 Å². The van der Waals surface area contributed by atoms with Crippen LogP contribution in [0.2, 0.25) is 0 Å². The Bertz CT molecular complexity index is 1070. The highest BCUT2D eigenvalue weighted by Gasteiger charge is 2.15. The lowest BCUT2D eigenvalue weighted by molar-refractivity contribution is -0.384. The average molecular weight is 391 g/mol. The second-order valence-electron chi connectivity index (χ2n) is 6.00. The standard InChI is InChI=1S/C21H17N3O5/c1-29-19-13-17(24(27)28)10-11-18(19)23-21(26)15-8-5-9-16(12-15)22-20(25)14-6-3-2-4-7-14/h2-13H,1H3,(H,22,25)(H,23,26). The van der Waals surface area contributed by atoms with E-state index in [0.717, 1.165) is 0 Å². The van der Waals surface area contributed by atoms with Crippen LogP contribution in [0.5, 0.6) is 5.75 Å². The summed E-state index contributed by atoms with van der Waals surface area (Å²) in [6.45, 7) is 0. The number of nitrogens with one attached hydrogen (secondary N) is 2. The van der Waals surface area contributed by atoms with Crippen molar-refractivity contribution in [3.05, 3.63) is 94.0 Å². The summed E-state index contributed by atoms with van der Waals surface area (Å²) in [6.07, 6.45) is 0. The minimum absolute atomic E-state index is 0.148. The van der Waals surface area contributed by atoms with E-state index in [-0.39, 0.29) is 17.3 Å². The zero-order valence-electron chi connectivity index (χ0n) is 15.4. The molecule has 0 aliphatic rings. The van der Waals surface area contributed by atoms with Crippen molar-refractivity contribution in [3.63, 3.8) is 0 Å². The molecule has 8 heteroatoms. The van der Waals surface area contributed by atoms with Crippen LogP contribution in [-0.2, 0) is 0 Å². The Morgan fingerprint density at radius 3 is 2.24 bits per heavy atom. The van der Waals surface area contributed by atoms with E-state index >= 15 is 0 Å². The molecule has 0 aliphatic heterocycles. The lowest BCUT2D eigenvalue weighted by atomic mass is 10.1. The summed E-state index contributed by atoms with van der Waals surface area (Å²) >= 11 is 0. The number of anilines is 2. The maximum absolute atomic E-state index is 12.6. The van der Waals surface area contributed by atoms with Gasteiger partial charge in [-0.3, -0.25) is 19.7 Å². The molecule has 2 N–H and O–H groups in total. The number of nitro groups is 1. The van der Waals surface area contributed by atoms with E-state index in [1.165, 1.54) is 31.4 Å². The Hall–Kier alpha value is -4.20. The number of non-ortho nitro benzene ring substituents is 1. The Balaban J connectivity index is 1.76. The quantitative estimate of drug-likeness (QED) is 0.485. The molecule has 3 aromatic carbocycles. The summed E-state index contributed by atoms with van der Waals surface area (Å²) in [6, 6.07) is 19.0. The van der Waals surface area contributed by atoms with E-state index in [2.05, 4.69) is 10.6 Å². The van der Waals surface area contributed by atoms with Gasteiger partial charge in [0.15, 0.2) is 0 Å². The van der Waals surface area contributed by atoms with Crippen LogP contribution in [0.25, 0.3) is 0 Å². The number of nitrogens with zero attached hydrogens (tertiary/aromatic N) is 1. The minimum Gasteiger partial charge on any atom is -0.494 e. The molecule has 0 unspecified atom stereocenters. The molecule has 0 aromatic heterocycles. The van der Waals surface area contributed by atoms with Crippen LogP contribution in [0.1, 0.15) is 20.7 Å². The predicted molar refractivity (Wildman–Crippen MR) is 108 cm³/mol. The van der Waals surface area contributed by atoms with Gasteiger partial charge in [0.05, 0.1) is 23.8 Å². The highest BCUT2D eigenvalue weighted by Crippen LogP contribution is 2.29. The molecular weight excluding hydrogens is 374 g/mol. The number of hydrogen-bond acceptors (Lipinski definition) is 5. The zero-order valence-corrected chi connectivity index (χ0v) is 15.4. The molecular formula is C21H17N3O5. The van der Waals surface area contributed by atoms with Gasteiger partial charge in [-0.2, -0.15) is 0 Å². The number of rotatable bonds is 6. The topological polar surface area (TPSA) is 111 Å². The van der Waals surface area contributed by atoms with Gasteiger partial charge in [-0.05, 0) is 36.4 Å². The molecule has 0 bridgehead atoms. The molecule has 29 heavy (non-hydrogen) atoms. The SMILES string of the molecule is COc1cc([N+](=O)[O-])ccc1NC(=O)c1cccc(NC(=O)c2ccccc2)c1. The first kappa shape index (κ1) is 19.6. The number of amides is 2. The van der Waals surface area contributed by atoms with Crippen molar-refractivity contribution in [3.8, 4) is 5.75 Å². The molecule has 0 atom stereocenters. The first-order chi connectivity index (χ1) is 14.0. The normalized spacial score (nSPS) is 10.1. The van der Waals surface area contributed by atoms with Crippen molar-refractivity contribution in [2.45, 2.75) is 0 Å². The van der Waals surface area contributed by atoms with Crippen molar-refractivity contribution < 1.29 is 19.2 Å². The largest absolute Gasteiger partial charge is 0.494 e. The lowest BCUT2D eigenvalue weighted by Gasteiger charge is -2.11. The molecule has 0 radical (unpaired) electrons. The van der Waals surface area contributed by atoms with E-state index in [0.29, 0.717) is 22.5 Å². The molecule has 0 saturated carbocycles. The monoisotopic (exact) mass is 391 g/mol. The fourth-order valence-electron chi connectivity index (χ4n) is 2.62. The Labute approximate surface area is 166 Å². The molecule has 0 heterocycles. The molecule has 0 saturated heterocycles. The third-order valence-electron chi connectivity index (χ3n) is 4.06. The van der Waals surface area contributed by atoms with E-state index in [9.17, 15) is 19.7 Å². The number of ether oxygens (including phenoxy) is 1. The van der Waals surface area contributed by atoms with Gasteiger partial charge in [0, 0.05) is 22.9 Å². The molecule has 8 nitrogen and oxygen atoms in total. The van der Waals surface area contributed by atoms with Crippen LogP contribution < -0.4 is 15.4 Å². The summed E-state index contributed by atoms with van der Waals surface area (Å²) in [5.74, 6) is -0.575. The van der Waals surface area contributed by atoms with Crippen molar-refractivity contribution in [1.29, 1.82) is 0 Å². The first-order valence-corrected chi connectivity index (χ1v) is 8.58. The maximum Gasteiger partial charge on any atom is 0.273 e. The first-order valence-electron chi connectivity index (χ1n) is 8.58. The number of carbonyl (C=O) groups excluding carboxylic acids is 2. The van der Waals surface area contributed by atoms with Crippen molar-refractivity contribution in [1.82, 2.24) is 0 Å². The number of hydrogen-bond donors (Lipinski definition) is 2. The molecule has 0 aliphatic carbocycles. The summed E-state index contributed by atoms with van der Waals surface area (Å²) in [7, 11) is 1.36. The third-order valence-corrected chi connectivity index (χ3v) is 4.06. The van der Waals surface area contributed by atoms with Crippen LogP contribution in [0.4, 0.5) is 17.1 Å². The number of benzene rings is 3. The highest BCUT2D eigenvalue weighted by atomic mass is 16.6. The molecule has 0 fully saturated rings. The van der Waals surface area contributed by atoms with Crippen LogP contribution in [0, 0.1) is 10.1 Å². The smallest absolute Gasteiger partial charge is 0.273 e. The molecule has 2 amide bonds. The Morgan fingerprint density at radius 2 is 1.55 bits per heavy atom. The van der Waals surface area contributed by atoms with Crippen LogP contribution >= 0.6 is 0 Å². The molecule has 3 rings (SSSR count). The van der Waals surface area contributed by atoms with Crippen LogP contribution in [0.15, 0.2) is 72.8 Å². The van der Waals surface area contributed by atoms with Gasteiger partial charge in [-0.1, -0.05) is 24.3 Å². The van der Waals surface area contributed by atoms with Gasteiger partial charge < -0.3 is 15.4 Å². The van der Waals surface area contributed by atoms with E-state index in [1.807, 2.05) is 6.07 Å². The summed E-state index contributed by atoms with van der Waals surface area (Å²) in [5.41, 5.74) is 1.41. The van der Waals surface area contributed by atoms with E-state index < -0.39 is 10.8 Å². The molecule has 0 spiro atoms. The number of carbonyl (C=O) groups is 2. The van der Waals surface area contributed by atoms with Gasteiger partial charge in [0.1, 0.15) is 5.75 Å². The van der Waals surface area contributed by atoms with Crippen molar-refractivity contribution in [2.24, 2.45) is 0 Å². The highest BCUT2D eigenvalue weighted by molar-refractivity contribution is 6.07. The molecule has 3 aromatic rings. The maximum atomic E-state index is 12.6. The lowest BCUT2D eigenvalue weighted by Crippen LogP contribution is -2.15. The minimum atomic E-state index is -0.549. The van der Waals surface area contributed by atoms with E-state index in [1.54, 1.807) is 42.5 Å². The molecule has 146 valence electrons. The van der Waals surface area contributed by atoms with Crippen molar-refractivity contribution >= 4 is 28.9 Å². The second-order valence-corrected chi connectivity index (χ2v) is 6.00. The number of nitro benzene ring substituents is 1. The second kappa shape index (κ2) is 8.66. The summed E-state index contributed by atoms with van der Waals surface area (Å²) < 4.78 is 5.12. The predicted octanol–water partition coefficient (Wildman–Crippen LogP) is 4.11. The Morgan fingerprint density at radius 1 is 0.862 bits per heavy atom. The van der Waals surface area contributed by atoms with Gasteiger partial charge >= 0.3 is 0 Å². The van der Waals surface area contributed by atoms with Gasteiger partial charge in [0.25, 0.3) is 17.5 Å². The summed E-state index contributed by atoms with van der Waals surface area (Å²) in [5, 5.41) is 16.3. The van der Waals surface area contributed by atoms with Crippen LogP contribution in [0.3, 0.4) is 0 Å². The Kier molecular flexibility index (Phi) is 5.84.